The van der Waals surface area contributed by atoms with Crippen molar-refractivity contribution in [2.45, 2.75) is 57.1 Å². The molecule has 1 heterocycles. The SMILES string of the molecule is CN=C(NCCC1CCCCC1)N1CCS(=O)(=O)C(C)(C)C1.I. The second kappa shape index (κ2) is 8.87. The van der Waals surface area contributed by atoms with E-state index in [1.54, 1.807) is 7.05 Å². The molecule has 136 valence electrons. The van der Waals surface area contributed by atoms with E-state index >= 15 is 0 Å². The van der Waals surface area contributed by atoms with Crippen molar-refractivity contribution in [3.63, 3.8) is 0 Å². The zero-order valence-corrected chi connectivity index (χ0v) is 17.8. The Labute approximate surface area is 158 Å². The molecule has 0 aromatic rings. The molecule has 1 saturated heterocycles. The van der Waals surface area contributed by atoms with Crippen LogP contribution in [0.3, 0.4) is 0 Å². The second-order valence-corrected chi connectivity index (χ2v) is 10.0. The Hall–Kier alpha value is -0.0500. The van der Waals surface area contributed by atoms with Crippen LogP contribution < -0.4 is 5.32 Å². The van der Waals surface area contributed by atoms with Crippen LogP contribution in [0.25, 0.3) is 0 Å². The fourth-order valence-corrected chi connectivity index (χ4v) is 4.89. The summed E-state index contributed by atoms with van der Waals surface area (Å²) in [5.74, 6) is 1.90. The predicted molar refractivity (Wildman–Crippen MR) is 107 cm³/mol. The first-order valence-corrected chi connectivity index (χ1v) is 10.2. The van der Waals surface area contributed by atoms with Crippen LogP contribution in [-0.4, -0.2) is 56.5 Å². The Bertz CT molecular complexity index is 499. The first kappa shape index (κ1) is 21.0. The van der Waals surface area contributed by atoms with Crippen molar-refractivity contribution in [2.24, 2.45) is 10.9 Å². The van der Waals surface area contributed by atoms with E-state index in [1.807, 2.05) is 13.8 Å². The van der Waals surface area contributed by atoms with Gasteiger partial charge in [-0.05, 0) is 26.2 Å². The number of hydrogen-bond acceptors (Lipinski definition) is 3. The average molecular weight is 457 g/mol. The smallest absolute Gasteiger partial charge is 0.193 e. The number of sulfone groups is 1. The van der Waals surface area contributed by atoms with Gasteiger partial charge in [-0.1, -0.05) is 32.1 Å². The number of halogens is 1. The third-order valence-corrected chi connectivity index (χ3v) is 7.65. The van der Waals surface area contributed by atoms with Gasteiger partial charge < -0.3 is 10.2 Å². The summed E-state index contributed by atoms with van der Waals surface area (Å²) in [5.41, 5.74) is 0. The van der Waals surface area contributed by atoms with Crippen LogP contribution in [0.1, 0.15) is 52.4 Å². The maximum absolute atomic E-state index is 12.1. The topological polar surface area (TPSA) is 61.8 Å². The minimum atomic E-state index is -3.00. The van der Waals surface area contributed by atoms with Gasteiger partial charge in [0.25, 0.3) is 0 Å². The number of hydrogen-bond donors (Lipinski definition) is 1. The normalized spacial score (nSPS) is 24.8. The molecule has 7 heteroatoms. The molecule has 0 bridgehead atoms. The highest BCUT2D eigenvalue weighted by atomic mass is 127. The van der Waals surface area contributed by atoms with E-state index in [-0.39, 0.29) is 29.7 Å². The summed E-state index contributed by atoms with van der Waals surface area (Å²) < 4.78 is 23.5. The van der Waals surface area contributed by atoms with Crippen LogP contribution in [0, 0.1) is 5.92 Å². The van der Waals surface area contributed by atoms with Gasteiger partial charge in [-0.2, -0.15) is 0 Å². The molecule has 1 aliphatic carbocycles. The lowest BCUT2D eigenvalue weighted by molar-refractivity contribution is 0.330. The molecule has 0 amide bonds. The van der Waals surface area contributed by atoms with Gasteiger partial charge in [-0.15, -0.1) is 24.0 Å². The van der Waals surface area contributed by atoms with E-state index in [1.165, 1.54) is 38.5 Å². The van der Waals surface area contributed by atoms with Crippen LogP contribution in [0.5, 0.6) is 0 Å². The molecule has 1 aliphatic heterocycles. The first-order chi connectivity index (χ1) is 10.4. The van der Waals surface area contributed by atoms with Gasteiger partial charge in [0.1, 0.15) is 0 Å². The van der Waals surface area contributed by atoms with Gasteiger partial charge in [0.2, 0.25) is 0 Å². The first-order valence-electron chi connectivity index (χ1n) is 8.53. The molecule has 0 aromatic heterocycles. The van der Waals surface area contributed by atoms with Crippen molar-refractivity contribution in [3.8, 4) is 0 Å². The van der Waals surface area contributed by atoms with E-state index in [4.69, 9.17) is 0 Å². The Morgan fingerprint density at radius 1 is 1.26 bits per heavy atom. The standard InChI is InChI=1S/C16H31N3O2S.HI/c1-16(2)13-19(11-12-22(16,20)21)15(17-3)18-10-9-14-7-5-4-6-8-14;/h14H,4-13H2,1-3H3,(H,17,18);1H. The molecule has 2 aliphatic rings. The molecular formula is C16H32IN3O2S. The van der Waals surface area contributed by atoms with Gasteiger partial charge in [-0.25, -0.2) is 8.42 Å². The number of aliphatic imine (C=N–C) groups is 1. The van der Waals surface area contributed by atoms with Crippen molar-refractivity contribution in [3.05, 3.63) is 0 Å². The van der Waals surface area contributed by atoms with E-state index in [2.05, 4.69) is 15.2 Å². The molecule has 5 nitrogen and oxygen atoms in total. The summed E-state index contributed by atoms with van der Waals surface area (Å²) in [6.07, 6.45) is 8.04. The number of guanidine groups is 1. The van der Waals surface area contributed by atoms with Crippen molar-refractivity contribution in [2.75, 3.05) is 32.4 Å². The van der Waals surface area contributed by atoms with Gasteiger partial charge in [0, 0.05) is 26.7 Å². The summed E-state index contributed by atoms with van der Waals surface area (Å²) >= 11 is 0. The van der Waals surface area contributed by atoms with E-state index in [0.29, 0.717) is 13.1 Å². The highest BCUT2D eigenvalue weighted by molar-refractivity contribution is 14.0. The van der Waals surface area contributed by atoms with Crippen molar-refractivity contribution >= 4 is 39.8 Å². The van der Waals surface area contributed by atoms with Crippen LogP contribution in [-0.2, 0) is 9.84 Å². The van der Waals surface area contributed by atoms with E-state index < -0.39 is 14.6 Å². The van der Waals surface area contributed by atoms with Crippen molar-refractivity contribution in [1.29, 1.82) is 0 Å². The predicted octanol–water partition coefficient (Wildman–Crippen LogP) is 2.66. The maximum Gasteiger partial charge on any atom is 0.193 e. The minimum Gasteiger partial charge on any atom is -0.356 e. The molecule has 0 radical (unpaired) electrons. The summed E-state index contributed by atoms with van der Waals surface area (Å²) in [5, 5.41) is 3.43. The molecule has 1 N–H and O–H groups in total. The Kier molecular flexibility index (Phi) is 8.10. The van der Waals surface area contributed by atoms with Gasteiger partial charge in [-0.3, -0.25) is 4.99 Å². The molecule has 0 atom stereocenters. The minimum absolute atomic E-state index is 0. The molecule has 0 unspecified atom stereocenters. The number of rotatable bonds is 3. The third-order valence-electron chi connectivity index (χ3n) is 5.12. The molecule has 2 fully saturated rings. The molecule has 1 saturated carbocycles. The lowest BCUT2D eigenvalue weighted by atomic mass is 9.87. The fourth-order valence-electron chi connectivity index (χ4n) is 3.52. The maximum atomic E-state index is 12.1. The average Bonchev–Trinajstić information content (AvgIpc) is 2.48. The Morgan fingerprint density at radius 3 is 2.48 bits per heavy atom. The van der Waals surface area contributed by atoms with E-state index in [0.717, 1.165) is 18.4 Å². The highest BCUT2D eigenvalue weighted by Gasteiger charge is 2.40. The van der Waals surface area contributed by atoms with E-state index in [9.17, 15) is 8.42 Å². The second-order valence-electron chi connectivity index (χ2n) is 7.27. The Balaban J connectivity index is 0.00000264. The van der Waals surface area contributed by atoms with Gasteiger partial charge in [0.15, 0.2) is 15.8 Å². The van der Waals surface area contributed by atoms with Gasteiger partial charge >= 0.3 is 0 Å². The van der Waals surface area contributed by atoms with Gasteiger partial charge in [0.05, 0.1) is 10.5 Å². The van der Waals surface area contributed by atoms with Crippen LogP contribution in [0.2, 0.25) is 0 Å². The summed E-state index contributed by atoms with van der Waals surface area (Å²) in [7, 11) is -1.22. The molecule has 0 spiro atoms. The zero-order valence-electron chi connectivity index (χ0n) is 14.7. The summed E-state index contributed by atoms with van der Waals surface area (Å²) in [6.45, 7) is 5.60. The molecule has 2 rings (SSSR count). The summed E-state index contributed by atoms with van der Waals surface area (Å²) in [6, 6.07) is 0. The monoisotopic (exact) mass is 457 g/mol. The lowest BCUT2D eigenvalue weighted by Crippen LogP contribution is -2.57. The lowest BCUT2D eigenvalue weighted by Gasteiger charge is -2.39. The Morgan fingerprint density at radius 2 is 1.91 bits per heavy atom. The van der Waals surface area contributed by atoms with Crippen LogP contribution in [0.4, 0.5) is 0 Å². The zero-order chi connectivity index (χ0) is 16.2. The third kappa shape index (κ3) is 5.47. The van der Waals surface area contributed by atoms with Crippen LogP contribution in [0.15, 0.2) is 4.99 Å². The van der Waals surface area contributed by atoms with Crippen molar-refractivity contribution < 1.29 is 8.42 Å². The molecule has 0 aromatic carbocycles. The van der Waals surface area contributed by atoms with Crippen molar-refractivity contribution in [1.82, 2.24) is 10.2 Å². The number of nitrogens with one attached hydrogen (secondary N) is 1. The largest absolute Gasteiger partial charge is 0.356 e. The molecular weight excluding hydrogens is 425 g/mol. The summed E-state index contributed by atoms with van der Waals surface area (Å²) in [4.78, 5) is 6.43. The fraction of sp³-hybridized carbons (Fsp3) is 0.938. The molecule has 23 heavy (non-hydrogen) atoms. The number of nitrogens with zero attached hydrogens (tertiary/aromatic N) is 2. The van der Waals surface area contributed by atoms with Crippen LogP contribution >= 0.6 is 24.0 Å². The highest BCUT2D eigenvalue weighted by Crippen LogP contribution is 2.26. The quantitative estimate of drug-likeness (QED) is 0.402.